The van der Waals surface area contributed by atoms with Crippen LogP contribution in [0.2, 0.25) is 0 Å². The summed E-state index contributed by atoms with van der Waals surface area (Å²) in [5, 5.41) is 3.53. The average Bonchev–Trinajstić information content (AvgIpc) is 2.82. The van der Waals surface area contributed by atoms with Gasteiger partial charge >= 0.3 is 0 Å². The summed E-state index contributed by atoms with van der Waals surface area (Å²) >= 11 is 0. The summed E-state index contributed by atoms with van der Waals surface area (Å²) in [7, 11) is 0. The van der Waals surface area contributed by atoms with E-state index in [4.69, 9.17) is 0 Å². The molecule has 2 aromatic heterocycles. The average molecular weight is 201 g/mol. The maximum atomic E-state index is 4.58. The first-order chi connectivity index (χ1) is 7.36. The molecule has 3 heterocycles. The fourth-order valence-electron chi connectivity index (χ4n) is 2.47. The van der Waals surface area contributed by atoms with Gasteiger partial charge in [-0.15, -0.1) is 0 Å². The SMILES string of the molecule is Cc1nc2ccccn2c1C1CCCN1. The Kier molecular flexibility index (Phi) is 1.99. The van der Waals surface area contributed by atoms with Crippen molar-refractivity contribution in [3.63, 3.8) is 0 Å². The summed E-state index contributed by atoms with van der Waals surface area (Å²) in [6.45, 7) is 3.23. The maximum absolute atomic E-state index is 4.58. The van der Waals surface area contributed by atoms with Gasteiger partial charge in [-0.3, -0.25) is 0 Å². The molecule has 1 fully saturated rings. The van der Waals surface area contributed by atoms with E-state index in [1.54, 1.807) is 0 Å². The molecule has 0 spiro atoms. The number of nitrogens with zero attached hydrogens (tertiary/aromatic N) is 2. The Bertz CT molecular complexity index is 481. The van der Waals surface area contributed by atoms with Crippen LogP contribution in [0.5, 0.6) is 0 Å². The molecule has 1 atom stereocenters. The number of rotatable bonds is 1. The molecule has 1 unspecified atom stereocenters. The van der Waals surface area contributed by atoms with E-state index in [-0.39, 0.29) is 0 Å². The summed E-state index contributed by atoms with van der Waals surface area (Å²) < 4.78 is 2.21. The number of hydrogen-bond acceptors (Lipinski definition) is 2. The third-order valence-electron chi connectivity index (χ3n) is 3.14. The lowest BCUT2D eigenvalue weighted by atomic mass is 10.1. The zero-order valence-electron chi connectivity index (χ0n) is 8.90. The third kappa shape index (κ3) is 1.35. The predicted molar refractivity (Wildman–Crippen MR) is 59.9 cm³/mol. The van der Waals surface area contributed by atoms with Gasteiger partial charge in [-0.2, -0.15) is 0 Å². The van der Waals surface area contributed by atoms with Crippen LogP contribution < -0.4 is 5.32 Å². The highest BCUT2D eigenvalue weighted by Gasteiger charge is 2.21. The molecule has 0 radical (unpaired) electrons. The molecule has 3 rings (SSSR count). The van der Waals surface area contributed by atoms with E-state index in [9.17, 15) is 0 Å². The van der Waals surface area contributed by atoms with Crippen molar-refractivity contribution in [3.8, 4) is 0 Å². The van der Waals surface area contributed by atoms with E-state index >= 15 is 0 Å². The van der Waals surface area contributed by atoms with E-state index in [2.05, 4.69) is 40.0 Å². The zero-order chi connectivity index (χ0) is 10.3. The molecular formula is C12H15N3. The molecule has 0 amide bonds. The molecule has 1 aliphatic heterocycles. The molecule has 78 valence electrons. The van der Waals surface area contributed by atoms with Crippen molar-refractivity contribution in [1.82, 2.24) is 14.7 Å². The summed E-state index contributed by atoms with van der Waals surface area (Å²) in [5.74, 6) is 0. The minimum Gasteiger partial charge on any atom is -0.309 e. The van der Waals surface area contributed by atoms with Crippen LogP contribution in [-0.4, -0.2) is 15.9 Å². The molecule has 2 aromatic rings. The third-order valence-corrected chi connectivity index (χ3v) is 3.14. The van der Waals surface area contributed by atoms with Crippen LogP contribution in [0.3, 0.4) is 0 Å². The number of aryl methyl sites for hydroxylation is 1. The van der Waals surface area contributed by atoms with Gasteiger partial charge in [-0.05, 0) is 38.4 Å². The van der Waals surface area contributed by atoms with Crippen molar-refractivity contribution in [1.29, 1.82) is 0 Å². The molecule has 0 bridgehead atoms. The lowest BCUT2D eigenvalue weighted by molar-refractivity contribution is 0.618. The Morgan fingerprint density at radius 3 is 3.20 bits per heavy atom. The second kappa shape index (κ2) is 3.35. The van der Waals surface area contributed by atoms with Gasteiger partial charge in [0.15, 0.2) is 0 Å². The van der Waals surface area contributed by atoms with Crippen LogP contribution in [0, 0.1) is 6.92 Å². The topological polar surface area (TPSA) is 29.3 Å². The molecule has 1 aliphatic rings. The van der Waals surface area contributed by atoms with E-state index < -0.39 is 0 Å². The minimum atomic E-state index is 0.488. The molecule has 1 saturated heterocycles. The largest absolute Gasteiger partial charge is 0.309 e. The van der Waals surface area contributed by atoms with Crippen LogP contribution in [-0.2, 0) is 0 Å². The number of pyridine rings is 1. The normalized spacial score (nSPS) is 21.3. The first kappa shape index (κ1) is 8.92. The van der Waals surface area contributed by atoms with Gasteiger partial charge in [0.25, 0.3) is 0 Å². The summed E-state index contributed by atoms with van der Waals surface area (Å²) in [4.78, 5) is 4.58. The number of aromatic nitrogens is 2. The molecule has 3 nitrogen and oxygen atoms in total. The Morgan fingerprint density at radius 1 is 1.47 bits per heavy atom. The first-order valence-corrected chi connectivity index (χ1v) is 5.53. The van der Waals surface area contributed by atoms with Crippen LogP contribution in [0.25, 0.3) is 5.65 Å². The fourth-order valence-corrected chi connectivity index (χ4v) is 2.47. The van der Waals surface area contributed by atoms with Crippen molar-refractivity contribution in [2.45, 2.75) is 25.8 Å². The van der Waals surface area contributed by atoms with Crippen LogP contribution in [0.15, 0.2) is 24.4 Å². The fraction of sp³-hybridized carbons (Fsp3) is 0.417. The second-order valence-corrected chi connectivity index (χ2v) is 4.16. The van der Waals surface area contributed by atoms with Crippen molar-refractivity contribution in [3.05, 3.63) is 35.8 Å². The van der Waals surface area contributed by atoms with Gasteiger partial charge in [0.05, 0.1) is 11.4 Å². The number of hydrogen-bond donors (Lipinski definition) is 1. The Morgan fingerprint density at radius 2 is 2.40 bits per heavy atom. The van der Waals surface area contributed by atoms with E-state index in [1.807, 2.05) is 6.07 Å². The van der Waals surface area contributed by atoms with Gasteiger partial charge in [0, 0.05) is 12.2 Å². The highest BCUT2D eigenvalue weighted by Crippen LogP contribution is 2.26. The van der Waals surface area contributed by atoms with Crippen molar-refractivity contribution < 1.29 is 0 Å². The van der Waals surface area contributed by atoms with Crippen LogP contribution in [0.1, 0.15) is 30.3 Å². The lowest BCUT2D eigenvalue weighted by Gasteiger charge is -2.10. The van der Waals surface area contributed by atoms with Crippen molar-refractivity contribution >= 4 is 5.65 Å². The highest BCUT2D eigenvalue weighted by atomic mass is 15.1. The number of fused-ring (bicyclic) bond motifs is 1. The number of imidazole rings is 1. The van der Waals surface area contributed by atoms with Gasteiger partial charge in [0.2, 0.25) is 0 Å². The molecule has 1 N–H and O–H groups in total. The molecule has 15 heavy (non-hydrogen) atoms. The van der Waals surface area contributed by atoms with Gasteiger partial charge < -0.3 is 9.72 Å². The molecular weight excluding hydrogens is 186 g/mol. The Labute approximate surface area is 89.1 Å². The first-order valence-electron chi connectivity index (χ1n) is 5.53. The van der Waals surface area contributed by atoms with Gasteiger partial charge in [-0.1, -0.05) is 6.07 Å². The van der Waals surface area contributed by atoms with Crippen LogP contribution in [0.4, 0.5) is 0 Å². The standard InChI is InChI=1S/C12H15N3/c1-9-12(10-5-4-7-13-10)15-8-3-2-6-11(15)14-9/h2-3,6,8,10,13H,4-5,7H2,1H3. The highest BCUT2D eigenvalue weighted by molar-refractivity contribution is 5.43. The Balaban J connectivity index is 2.19. The van der Waals surface area contributed by atoms with E-state index in [1.165, 1.54) is 18.5 Å². The molecule has 0 aliphatic carbocycles. The zero-order valence-corrected chi connectivity index (χ0v) is 8.90. The van der Waals surface area contributed by atoms with E-state index in [0.29, 0.717) is 6.04 Å². The second-order valence-electron chi connectivity index (χ2n) is 4.16. The minimum absolute atomic E-state index is 0.488. The quantitative estimate of drug-likeness (QED) is 0.765. The lowest BCUT2D eigenvalue weighted by Crippen LogP contribution is -2.15. The van der Waals surface area contributed by atoms with Crippen LogP contribution >= 0.6 is 0 Å². The van der Waals surface area contributed by atoms with E-state index in [0.717, 1.165) is 17.9 Å². The summed E-state index contributed by atoms with van der Waals surface area (Å²) in [6.07, 6.45) is 4.60. The summed E-state index contributed by atoms with van der Waals surface area (Å²) in [6, 6.07) is 6.65. The molecule has 3 heteroatoms. The van der Waals surface area contributed by atoms with Crippen molar-refractivity contribution in [2.24, 2.45) is 0 Å². The summed E-state index contributed by atoms with van der Waals surface area (Å²) in [5.41, 5.74) is 3.54. The molecule has 0 saturated carbocycles. The van der Waals surface area contributed by atoms with Gasteiger partial charge in [-0.25, -0.2) is 4.98 Å². The maximum Gasteiger partial charge on any atom is 0.137 e. The molecule has 0 aromatic carbocycles. The predicted octanol–water partition coefficient (Wildman–Crippen LogP) is 2.07. The smallest absolute Gasteiger partial charge is 0.137 e. The Hall–Kier alpha value is -1.35. The van der Waals surface area contributed by atoms with Gasteiger partial charge in [0.1, 0.15) is 5.65 Å². The van der Waals surface area contributed by atoms with Crippen molar-refractivity contribution in [2.75, 3.05) is 6.54 Å². The monoisotopic (exact) mass is 201 g/mol. The number of nitrogens with one attached hydrogen (secondary N) is 1.